The van der Waals surface area contributed by atoms with Gasteiger partial charge in [-0.15, -0.1) is 0 Å². The Morgan fingerprint density at radius 1 is 1.62 bits per heavy atom. The molecule has 1 aromatic heterocycles. The summed E-state index contributed by atoms with van der Waals surface area (Å²) in [6.45, 7) is 2.49. The normalized spacial score (nSPS) is 14.9. The Kier molecular flexibility index (Phi) is 3.44. The number of nitrogens with zero attached hydrogens (tertiary/aromatic N) is 1. The number of hydrogen-bond acceptors (Lipinski definition) is 3. The highest BCUT2D eigenvalue weighted by atomic mass is 35.5. The topological polar surface area (TPSA) is 39.2 Å². The Morgan fingerprint density at radius 2 is 2.38 bits per heavy atom. The first-order valence-corrected chi connectivity index (χ1v) is 5.90. The Morgan fingerprint density at radius 3 is 2.94 bits per heavy atom. The van der Waals surface area contributed by atoms with E-state index in [2.05, 4.69) is 4.98 Å². The zero-order valence-electron chi connectivity index (χ0n) is 9.20. The molecule has 0 amide bonds. The van der Waals surface area contributed by atoms with Crippen LogP contribution < -0.4 is 4.74 Å². The van der Waals surface area contributed by atoms with E-state index in [1.165, 1.54) is 19.0 Å². The van der Waals surface area contributed by atoms with Crippen molar-refractivity contribution < 1.29 is 9.53 Å². The van der Waals surface area contributed by atoms with Crippen molar-refractivity contribution in [2.45, 2.75) is 26.2 Å². The maximum absolute atomic E-state index is 11.4. The summed E-state index contributed by atoms with van der Waals surface area (Å²) in [6.07, 6.45) is 4.44. The third-order valence-corrected chi connectivity index (χ3v) is 2.87. The first-order chi connectivity index (χ1) is 7.70. The molecule has 1 heterocycles. The Bertz CT molecular complexity index is 402. The molecule has 0 unspecified atom stereocenters. The van der Waals surface area contributed by atoms with E-state index in [0.717, 1.165) is 0 Å². The van der Waals surface area contributed by atoms with E-state index in [0.29, 0.717) is 35.4 Å². The number of rotatable bonds is 5. The summed E-state index contributed by atoms with van der Waals surface area (Å²) in [5.74, 6) is 1.14. The fourth-order valence-electron chi connectivity index (χ4n) is 1.37. The minimum atomic E-state index is 0.0446. The second kappa shape index (κ2) is 4.83. The second-order valence-corrected chi connectivity index (χ2v) is 4.45. The fraction of sp³-hybridized carbons (Fsp3) is 0.500. The molecule has 1 saturated carbocycles. The molecule has 0 aliphatic heterocycles. The van der Waals surface area contributed by atoms with Gasteiger partial charge in [-0.2, -0.15) is 0 Å². The van der Waals surface area contributed by atoms with Crippen LogP contribution in [0, 0.1) is 5.92 Å². The van der Waals surface area contributed by atoms with Gasteiger partial charge in [0.1, 0.15) is 5.02 Å². The van der Waals surface area contributed by atoms with Gasteiger partial charge < -0.3 is 4.74 Å². The highest BCUT2D eigenvalue weighted by Crippen LogP contribution is 2.31. The van der Waals surface area contributed by atoms with Crippen LogP contribution in [0.2, 0.25) is 5.02 Å². The van der Waals surface area contributed by atoms with E-state index in [1.807, 2.05) is 6.92 Å². The van der Waals surface area contributed by atoms with Crippen molar-refractivity contribution in [3.8, 4) is 5.88 Å². The number of Topliss-reactive ketones (excluding diaryl/α,β-unsaturated/α-hetero) is 1. The van der Waals surface area contributed by atoms with E-state index in [9.17, 15) is 4.79 Å². The highest BCUT2D eigenvalue weighted by molar-refractivity contribution is 6.32. The quantitative estimate of drug-likeness (QED) is 0.741. The molecular formula is C12H14ClNO2. The minimum absolute atomic E-state index is 0.0446. The third kappa shape index (κ3) is 2.73. The van der Waals surface area contributed by atoms with Crippen molar-refractivity contribution in [2.75, 3.05) is 6.61 Å². The van der Waals surface area contributed by atoms with Crippen LogP contribution in [-0.4, -0.2) is 17.4 Å². The molecule has 4 heteroatoms. The summed E-state index contributed by atoms with van der Waals surface area (Å²) in [4.78, 5) is 15.5. The van der Waals surface area contributed by atoms with Gasteiger partial charge in [0.15, 0.2) is 5.78 Å². The van der Waals surface area contributed by atoms with Gasteiger partial charge in [-0.1, -0.05) is 18.5 Å². The lowest BCUT2D eigenvalue weighted by Gasteiger charge is -2.06. The smallest absolute Gasteiger partial charge is 0.232 e. The number of halogens is 1. The van der Waals surface area contributed by atoms with Crippen LogP contribution in [0.5, 0.6) is 5.88 Å². The molecular weight excluding hydrogens is 226 g/mol. The van der Waals surface area contributed by atoms with E-state index in [4.69, 9.17) is 16.3 Å². The summed E-state index contributed by atoms with van der Waals surface area (Å²) in [5, 5.41) is 0.417. The Hall–Kier alpha value is -1.09. The van der Waals surface area contributed by atoms with Gasteiger partial charge in [-0.25, -0.2) is 4.98 Å². The molecule has 1 aromatic rings. The van der Waals surface area contributed by atoms with E-state index in [-0.39, 0.29) is 5.78 Å². The van der Waals surface area contributed by atoms with Crippen LogP contribution in [0.3, 0.4) is 0 Å². The maximum Gasteiger partial charge on any atom is 0.232 e. The first kappa shape index (κ1) is 11.4. The average Bonchev–Trinajstić information content (AvgIpc) is 3.10. The number of hydrogen-bond donors (Lipinski definition) is 0. The average molecular weight is 240 g/mol. The number of ketones is 1. The molecule has 1 aliphatic rings. The second-order valence-electron chi connectivity index (χ2n) is 4.04. The molecule has 0 N–H and O–H groups in total. The lowest BCUT2D eigenvalue weighted by Crippen LogP contribution is -2.03. The third-order valence-electron chi connectivity index (χ3n) is 2.60. The molecule has 0 saturated heterocycles. The van der Waals surface area contributed by atoms with Gasteiger partial charge in [0, 0.05) is 18.2 Å². The minimum Gasteiger partial charge on any atom is -0.476 e. The van der Waals surface area contributed by atoms with Gasteiger partial charge in [0.25, 0.3) is 0 Å². The van der Waals surface area contributed by atoms with Crippen LogP contribution in [0.4, 0.5) is 0 Å². The molecule has 1 aliphatic carbocycles. The van der Waals surface area contributed by atoms with Crippen molar-refractivity contribution in [3.05, 3.63) is 22.8 Å². The Balaban J connectivity index is 2.05. The van der Waals surface area contributed by atoms with Crippen molar-refractivity contribution >= 4 is 17.4 Å². The fourth-order valence-corrected chi connectivity index (χ4v) is 1.59. The van der Waals surface area contributed by atoms with E-state index >= 15 is 0 Å². The molecule has 3 nitrogen and oxygen atoms in total. The summed E-state index contributed by atoms with van der Waals surface area (Å²) in [5.41, 5.74) is 0.547. The number of ether oxygens (including phenoxy) is 1. The predicted molar refractivity (Wildman–Crippen MR) is 62.1 cm³/mol. The zero-order valence-corrected chi connectivity index (χ0v) is 9.96. The lowest BCUT2D eigenvalue weighted by atomic mass is 10.1. The largest absolute Gasteiger partial charge is 0.476 e. The number of pyridine rings is 1. The van der Waals surface area contributed by atoms with Gasteiger partial charge in [-0.3, -0.25) is 4.79 Å². The van der Waals surface area contributed by atoms with Gasteiger partial charge in [-0.05, 0) is 24.8 Å². The van der Waals surface area contributed by atoms with Crippen molar-refractivity contribution in [2.24, 2.45) is 5.92 Å². The lowest BCUT2D eigenvalue weighted by molar-refractivity contribution is 0.0987. The molecule has 0 spiro atoms. The molecule has 0 aromatic carbocycles. The zero-order chi connectivity index (χ0) is 11.5. The van der Waals surface area contributed by atoms with Crippen molar-refractivity contribution in [1.82, 2.24) is 4.98 Å². The van der Waals surface area contributed by atoms with Crippen molar-refractivity contribution in [3.63, 3.8) is 0 Å². The molecule has 0 radical (unpaired) electrons. The highest BCUT2D eigenvalue weighted by Gasteiger charge is 2.22. The predicted octanol–water partition coefficient (Wildman–Crippen LogP) is 3.12. The SMILES string of the molecule is CCC(=O)c1cnc(OCC2CC2)c(Cl)c1. The van der Waals surface area contributed by atoms with Crippen molar-refractivity contribution in [1.29, 1.82) is 0 Å². The Labute approximate surface area is 99.8 Å². The van der Waals surface area contributed by atoms with Crippen LogP contribution in [0.25, 0.3) is 0 Å². The van der Waals surface area contributed by atoms with Gasteiger partial charge in [0.2, 0.25) is 5.88 Å². The summed E-state index contributed by atoms with van der Waals surface area (Å²) in [6, 6.07) is 1.63. The first-order valence-electron chi connectivity index (χ1n) is 5.52. The maximum atomic E-state index is 11.4. The molecule has 1 fully saturated rings. The standard InChI is InChI=1S/C12H14ClNO2/c1-2-11(15)9-5-10(13)12(14-6-9)16-7-8-3-4-8/h5-6,8H,2-4,7H2,1H3. The molecule has 0 bridgehead atoms. The number of carbonyl (C=O) groups excluding carboxylic acids is 1. The number of aromatic nitrogens is 1. The molecule has 16 heavy (non-hydrogen) atoms. The van der Waals surface area contributed by atoms with E-state index in [1.54, 1.807) is 6.07 Å². The molecule has 86 valence electrons. The van der Waals surface area contributed by atoms with Gasteiger partial charge in [0.05, 0.1) is 6.61 Å². The van der Waals surface area contributed by atoms with Gasteiger partial charge >= 0.3 is 0 Å². The molecule has 0 atom stereocenters. The number of carbonyl (C=O) groups is 1. The van der Waals surface area contributed by atoms with E-state index < -0.39 is 0 Å². The molecule has 2 rings (SSSR count). The summed E-state index contributed by atoms with van der Waals surface area (Å²) >= 11 is 5.99. The monoisotopic (exact) mass is 239 g/mol. The van der Waals surface area contributed by atoms with Crippen LogP contribution >= 0.6 is 11.6 Å². The summed E-state index contributed by atoms with van der Waals surface area (Å²) in [7, 11) is 0. The van der Waals surface area contributed by atoms with Crippen LogP contribution in [0.15, 0.2) is 12.3 Å². The summed E-state index contributed by atoms with van der Waals surface area (Å²) < 4.78 is 5.47. The van der Waals surface area contributed by atoms with Crippen LogP contribution in [0.1, 0.15) is 36.5 Å². The van der Waals surface area contributed by atoms with Crippen LogP contribution in [-0.2, 0) is 0 Å².